The lowest BCUT2D eigenvalue weighted by molar-refractivity contribution is -0.120. The molecule has 30 heavy (non-hydrogen) atoms. The molecule has 2 heterocycles. The molecule has 0 fully saturated rings. The van der Waals surface area contributed by atoms with Gasteiger partial charge in [0.25, 0.3) is 11.5 Å². The Hall–Kier alpha value is -3.01. The fourth-order valence-electron chi connectivity index (χ4n) is 3.31. The highest BCUT2D eigenvalue weighted by Gasteiger charge is 2.32. The zero-order valence-corrected chi connectivity index (χ0v) is 17.9. The molecule has 1 atom stereocenters. The van der Waals surface area contributed by atoms with E-state index in [4.69, 9.17) is 15.2 Å². The average molecular weight is 433 g/mol. The Kier molecular flexibility index (Phi) is 6.66. The molecule has 0 unspecified atom stereocenters. The third-order valence-electron chi connectivity index (χ3n) is 4.70. The molecule has 0 radical (unpaired) electrons. The van der Waals surface area contributed by atoms with Crippen molar-refractivity contribution < 1.29 is 19.1 Å². The number of carbonyl (C=O) groups excluding carboxylic acids is 2. The number of anilines is 1. The van der Waals surface area contributed by atoms with Crippen molar-refractivity contribution in [3.63, 3.8) is 0 Å². The molecule has 10 heteroatoms. The van der Waals surface area contributed by atoms with E-state index in [-0.39, 0.29) is 24.5 Å². The van der Waals surface area contributed by atoms with Gasteiger partial charge in [-0.15, -0.1) is 0 Å². The van der Waals surface area contributed by atoms with Gasteiger partial charge >= 0.3 is 0 Å². The molecular weight excluding hydrogens is 408 g/mol. The lowest BCUT2D eigenvalue weighted by Gasteiger charge is -2.28. The van der Waals surface area contributed by atoms with Crippen molar-refractivity contribution in [1.29, 1.82) is 0 Å². The van der Waals surface area contributed by atoms with Gasteiger partial charge in [-0.05, 0) is 24.1 Å². The molecule has 160 valence electrons. The van der Waals surface area contributed by atoms with E-state index in [9.17, 15) is 14.4 Å². The summed E-state index contributed by atoms with van der Waals surface area (Å²) in [5, 5.41) is 3.39. The molecule has 9 nitrogen and oxygen atoms in total. The van der Waals surface area contributed by atoms with Gasteiger partial charge in [-0.25, -0.2) is 0 Å². The zero-order chi connectivity index (χ0) is 21.8. The first-order chi connectivity index (χ1) is 14.3. The largest absolute Gasteiger partial charge is 0.493 e. The molecule has 0 saturated carbocycles. The van der Waals surface area contributed by atoms with Crippen LogP contribution < -0.4 is 26.1 Å². The standard InChI is InChI=1S/C20H24N4O5S/c1-4-7-30-20-23-19(27)17-12(9-16(26)22-18(17)24(20)2)11-5-6-13(14(8-11)28-3)29-10-15(21)25/h5-6,8,12H,4,7,9-10H2,1-3H3,(H2,21,25)(H,22,26)/t12-/m1/s1. The number of benzene rings is 1. The predicted octanol–water partition coefficient (Wildman–Crippen LogP) is 1.63. The minimum Gasteiger partial charge on any atom is -0.493 e. The fourth-order valence-corrected chi connectivity index (χ4v) is 4.13. The lowest BCUT2D eigenvalue weighted by atomic mass is 9.86. The summed E-state index contributed by atoms with van der Waals surface area (Å²) in [5.41, 5.74) is 5.91. The van der Waals surface area contributed by atoms with E-state index in [2.05, 4.69) is 10.3 Å². The molecule has 2 aromatic rings. The molecule has 0 aliphatic carbocycles. The van der Waals surface area contributed by atoms with Crippen LogP contribution in [0.1, 0.15) is 36.8 Å². The minimum atomic E-state index is -0.606. The van der Waals surface area contributed by atoms with Gasteiger partial charge in [0.15, 0.2) is 23.3 Å². The minimum absolute atomic E-state index is 0.107. The molecule has 3 rings (SSSR count). The summed E-state index contributed by atoms with van der Waals surface area (Å²) < 4.78 is 12.5. The Bertz CT molecular complexity index is 1040. The first-order valence-corrected chi connectivity index (χ1v) is 10.5. The van der Waals surface area contributed by atoms with Crippen molar-refractivity contribution in [3.8, 4) is 11.5 Å². The van der Waals surface area contributed by atoms with Crippen LogP contribution in [0.5, 0.6) is 11.5 Å². The highest BCUT2D eigenvalue weighted by Crippen LogP contribution is 2.39. The van der Waals surface area contributed by atoms with E-state index in [1.165, 1.54) is 18.9 Å². The molecule has 1 aromatic heterocycles. The van der Waals surface area contributed by atoms with E-state index < -0.39 is 11.8 Å². The predicted molar refractivity (Wildman–Crippen MR) is 113 cm³/mol. The monoisotopic (exact) mass is 432 g/mol. The first kappa shape index (κ1) is 21.7. The fraction of sp³-hybridized carbons (Fsp3) is 0.400. The first-order valence-electron chi connectivity index (χ1n) is 9.48. The number of carbonyl (C=O) groups is 2. The molecule has 1 aromatic carbocycles. The number of nitrogens with one attached hydrogen (secondary N) is 1. The Labute approximate surface area is 178 Å². The van der Waals surface area contributed by atoms with Crippen LogP contribution in [0.4, 0.5) is 5.82 Å². The molecule has 0 spiro atoms. The Balaban J connectivity index is 2.04. The number of nitrogens with zero attached hydrogens (tertiary/aromatic N) is 2. The van der Waals surface area contributed by atoms with Crippen LogP contribution in [0.25, 0.3) is 0 Å². The Morgan fingerprint density at radius 3 is 2.80 bits per heavy atom. The second kappa shape index (κ2) is 9.21. The van der Waals surface area contributed by atoms with E-state index in [1.54, 1.807) is 29.8 Å². The van der Waals surface area contributed by atoms with Gasteiger partial charge in [-0.2, -0.15) is 4.98 Å². The number of methoxy groups -OCH3 is 1. The van der Waals surface area contributed by atoms with Gasteiger partial charge in [0.05, 0.1) is 12.7 Å². The molecule has 1 aliphatic rings. The number of hydrogen-bond donors (Lipinski definition) is 2. The second-order valence-corrected chi connectivity index (χ2v) is 7.90. The van der Waals surface area contributed by atoms with E-state index in [0.29, 0.717) is 33.6 Å². The topological polar surface area (TPSA) is 126 Å². The maximum absolute atomic E-state index is 12.9. The Morgan fingerprint density at radius 2 is 2.13 bits per heavy atom. The van der Waals surface area contributed by atoms with Crippen molar-refractivity contribution in [2.24, 2.45) is 12.8 Å². The number of thioether (sulfide) groups is 1. The molecule has 0 bridgehead atoms. The SMILES string of the molecule is CCCSc1nc(=O)c2c(n1C)NC(=O)C[C@@H]2c1ccc(OCC(N)=O)c(OC)c1. The van der Waals surface area contributed by atoms with Gasteiger partial charge in [0.1, 0.15) is 5.82 Å². The van der Waals surface area contributed by atoms with Crippen molar-refractivity contribution in [1.82, 2.24) is 9.55 Å². The van der Waals surface area contributed by atoms with Crippen molar-refractivity contribution in [2.75, 3.05) is 24.8 Å². The van der Waals surface area contributed by atoms with Gasteiger partial charge in [0, 0.05) is 25.1 Å². The summed E-state index contributed by atoms with van der Waals surface area (Å²) >= 11 is 1.47. The van der Waals surface area contributed by atoms with Gasteiger partial charge in [-0.1, -0.05) is 24.8 Å². The van der Waals surface area contributed by atoms with Gasteiger partial charge in [-0.3, -0.25) is 14.4 Å². The summed E-state index contributed by atoms with van der Waals surface area (Å²) in [6.07, 6.45) is 1.05. The molecule has 0 saturated heterocycles. The normalized spacial score (nSPS) is 15.3. The second-order valence-electron chi connectivity index (χ2n) is 6.84. The molecule has 2 amide bonds. The molecule has 1 aliphatic heterocycles. The summed E-state index contributed by atoms with van der Waals surface area (Å²) in [6, 6.07) is 5.07. The third-order valence-corrected chi connectivity index (χ3v) is 5.93. The van der Waals surface area contributed by atoms with Crippen LogP contribution in [0.15, 0.2) is 28.2 Å². The summed E-state index contributed by atoms with van der Waals surface area (Å²) in [5.74, 6) is 0.727. The van der Waals surface area contributed by atoms with E-state index >= 15 is 0 Å². The lowest BCUT2D eigenvalue weighted by Crippen LogP contribution is -2.33. The number of aromatic nitrogens is 2. The van der Waals surface area contributed by atoms with E-state index in [1.807, 2.05) is 6.92 Å². The molecular formula is C20H24N4O5S. The maximum Gasteiger partial charge on any atom is 0.279 e. The van der Waals surface area contributed by atoms with Crippen molar-refractivity contribution in [2.45, 2.75) is 30.8 Å². The number of amides is 2. The summed E-state index contributed by atoms with van der Waals surface area (Å²) in [6.45, 7) is 1.76. The average Bonchev–Trinajstić information content (AvgIpc) is 2.72. The van der Waals surface area contributed by atoms with Crippen molar-refractivity contribution >= 4 is 29.4 Å². The summed E-state index contributed by atoms with van der Waals surface area (Å²) in [7, 11) is 3.25. The van der Waals surface area contributed by atoms with Crippen LogP contribution >= 0.6 is 11.8 Å². The van der Waals surface area contributed by atoms with Crippen molar-refractivity contribution in [3.05, 3.63) is 39.7 Å². The van der Waals surface area contributed by atoms with Gasteiger partial charge in [0.2, 0.25) is 5.91 Å². The number of nitrogens with two attached hydrogens (primary N) is 1. The quantitative estimate of drug-likeness (QED) is 0.480. The third kappa shape index (κ3) is 4.43. The number of fused-ring (bicyclic) bond motifs is 1. The van der Waals surface area contributed by atoms with Gasteiger partial charge < -0.3 is 25.1 Å². The van der Waals surface area contributed by atoms with Crippen LogP contribution in [0.3, 0.4) is 0 Å². The number of primary amides is 1. The zero-order valence-electron chi connectivity index (χ0n) is 17.1. The number of hydrogen-bond acceptors (Lipinski definition) is 7. The highest BCUT2D eigenvalue weighted by molar-refractivity contribution is 7.99. The highest BCUT2D eigenvalue weighted by atomic mass is 32.2. The van der Waals surface area contributed by atoms with Crippen LogP contribution in [-0.2, 0) is 16.6 Å². The number of rotatable bonds is 8. The molecule has 3 N–H and O–H groups in total. The Morgan fingerprint density at radius 1 is 1.37 bits per heavy atom. The number of ether oxygens (including phenoxy) is 2. The smallest absolute Gasteiger partial charge is 0.279 e. The van der Waals surface area contributed by atoms with Crippen LogP contribution in [0.2, 0.25) is 0 Å². The van der Waals surface area contributed by atoms with Crippen LogP contribution in [-0.4, -0.2) is 40.8 Å². The van der Waals surface area contributed by atoms with E-state index in [0.717, 1.165) is 12.2 Å². The summed E-state index contributed by atoms with van der Waals surface area (Å²) in [4.78, 5) is 40.6. The van der Waals surface area contributed by atoms with Crippen LogP contribution in [0, 0.1) is 0 Å². The maximum atomic E-state index is 12.9.